The van der Waals surface area contributed by atoms with E-state index in [1.165, 1.54) is 0 Å². The number of carbonyl (C=O) groups excluding carboxylic acids is 1. The van der Waals surface area contributed by atoms with Crippen LogP contribution in [0.15, 0.2) is 45.9 Å². The zero-order valence-corrected chi connectivity index (χ0v) is 10.3. The largest absolute Gasteiger partial charge is 0.467 e. The summed E-state index contributed by atoms with van der Waals surface area (Å²) in [6, 6.07) is 7.58. The summed E-state index contributed by atoms with van der Waals surface area (Å²) in [6.45, 7) is 2.22. The second-order valence-corrected chi connectivity index (χ2v) is 4.58. The highest BCUT2D eigenvalue weighted by Crippen LogP contribution is 2.13. The Morgan fingerprint density at radius 3 is 3.00 bits per heavy atom. The van der Waals surface area contributed by atoms with Crippen molar-refractivity contribution < 1.29 is 9.21 Å². The van der Waals surface area contributed by atoms with Gasteiger partial charge in [-0.3, -0.25) is 4.79 Å². The Balaban J connectivity index is 1.91. The van der Waals surface area contributed by atoms with Crippen LogP contribution in [0.4, 0.5) is 0 Å². The molecule has 1 amide bonds. The third-order valence-corrected chi connectivity index (χ3v) is 3.08. The Morgan fingerprint density at radius 2 is 2.35 bits per heavy atom. The molecule has 4 heteroatoms. The van der Waals surface area contributed by atoms with Crippen molar-refractivity contribution >= 4 is 23.3 Å². The second kappa shape index (κ2) is 5.50. The van der Waals surface area contributed by atoms with E-state index < -0.39 is 0 Å². The fourth-order valence-electron chi connectivity index (χ4n) is 1.37. The fourth-order valence-corrected chi connectivity index (χ4v) is 2.09. The number of rotatable bonds is 4. The summed E-state index contributed by atoms with van der Waals surface area (Å²) >= 11 is 1.61. The van der Waals surface area contributed by atoms with Gasteiger partial charge in [-0.15, -0.1) is 11.3 Å². The van der Waals surface area contributed by atoms with Gasteiger partial charge in [-0.25, -0.2) is 0 Å². The third kappa shape index (κ3) is 3.32. The Bertz CT molecular complexity index is 498. The molecule has 0 radical (unpaired) electrons. The van der Waals surface area contributed by atoms with Gasteiger partial charge in [0.15, 0.2) is 0 Å². The molecule has 1 N–H and O–H groups in total. The fraction of sp³-hybridized carbons (Fsp3) is 0.154. The van der Waals surface area contributed by atoms with E-state index >= 15 is 0 Å². The van der Waals surface area contributed by atoms with Crippen LogP contribution in [0.25, 0.3) is 6.08 Å². The van der Waals surface area contributed by atoms with Crippen LogP contribution in [-0.2, 0) is 11.3 Å². The summed E-state index contributed by atoms with van der Waals surface area (Å²) in [5.41, 5.74) is 0.694. The van der Waals surface area contributed by atoms with Crippen LogP contribution in [-0.4, -0.2) is 5.91 Å². The average Bonchev–Trinajstić information content (AvgIpc) is 2.98. The van der Waals surface area contributed by atoms with Crippen molar-refractivity contribution in [3.63, 3.8) is 0 Å². The zero-order valence-electron chi connectivity index (χ0n) is 9.47. The van der Waals surface area contributed by atoms with Crippen molar-refractivity contribution in [3.8, 4) is 0 Å². The minimum atomic E-state index is -0.0743. The molecular weight excluding hydrogens is 234 g/mol. The number of carbonyl (C=O) groups is 1. The number of furan rings is 1. The van der Waals surface area contributed by atoms with E-state index in [9.17, 15) is 4.79 Å². The first kappa shape index (κ1) is 11.7. The lowest BCUT2D eigenvalue weighted by Crippen LogP contribution is -2.23. The standard InChI is InChI=1S/C13H13NO2S/c1-10(8-12-5-3-7-17-12)13(15)14-9-11-4-2-6-16-11/h2-8H,9H2,1H3,(H,14,15)/b10-8+. The molecule has 0 aliphatic carbocycles. The van der Waals surface area contributed by atoms with Crippen LogP contribution in [0.3, 0.4) is 0 Å². The van der Waals surface area contributed by atoms with Crippen molar-refractivity contribution in [2.24, 2.45) is 0 Å². The molecular formula is C13H13NO2S. The molecule has 0 fully saturated rings. The second-order valence-electron chi connectivity index (χ2n) is 3.60. The van der Waals surface area contributed by atoms with Crippen molar-refractivity contribution in [1.29, 1.82) is 0 Å². The molecule has 88 valence electrons. The molecule has 17 heavy (non-hydrogen) atoms. The molecule has 0 aromatic carbocycles. The number of nitrogens with one attached hydrogen (secondary N) is 1. The zero-order chi connectivity index (χ0) is 12.1. The summed E-state index contributed by atoms with van der Waals surface area (Å²) in [7, 11) is 0. The number of hydrogen-bond acceptors (Lipinski definition) is 3. The predicted molar refractivity (Wildman–Crippen MR) is 68.5 cm³/mol. The summed E-state index contributed by atoms with van der Waals surface area (Å²) in [4.78, 5) is 12.8. The van der Waals surface area contributed by atoms with Crippen LogP contribution in [0.5, 0.6) is 0 Å². The quantitative estimate of drug-likeness (QED) is 0.844. The topological polar surface area (TPSA) is 42.2 Å². The first-order valence-corrected chi connectivity index (χ1v) is 6.16. The first-order valence-electron chi connectivity index (χ1n) is 5.28. The molecule has 0 saturated heterocycles. The molecule has 0 atom stereocenters. The lowest BCUT2D eigenvalue weighted by atomic mass is 10.2. The van der Waals surface area contributed by atoms with Gasteiger partial charge in [0.2, 0.25) is 5.91 Å². The molecule has 3 nitrogen and oxygen atoms in total. The van der Waals surface area contributed by atoms with Gasteiger partial charge in [0.25, 0.3) is 0 Å². The molecule has 0 unspecified atom stereocenters. The maximum absolute atomic E-state index is 11.7. The van der Waals surface area contributed by atoms with Crippen molar-refractivity contribution in [1.82, 2.24) is 5.32 Å². The van der Waals surface area contributed by atoms with Gasteiger partial charge < -0.3 is 9.73 Å². The number of amides is 1. The smallest absolute Gasteiger partial charge is 0.247 e. The molecule has 2 aromatic rings. The highest BCUT2D eigenvalue weighted by molar-refractivity contribution is 7.10. The molecule has 0 saturated carbocycles. The number of hydrogen-bond donors (Lipinski definition) is 1. The molecule has 0 aliphatic rings. The Morgan fingerprint density at radius 1 is 1.47 bits per heavy atom. The lowest BCUT2D eigenvalue weighted by molar-refractivity contribution is -0.117. The Hall–Kier alpha value is -1.81. The minimum absolute atomic E-state index is 0.0743. The highest BCUT2D eigenvalue weighted by Gasteiger charge is 2.05. The lowest BCUT2D eigenvalue weighted by Gasteiger charge is -2.02. The van der Waals surface area contributed by atoms with Crippen LogP contribution < -0.4 is 5.32 Å². The molecule has 0 spiro atoms. The van der Waals surface area contributed by atoms with Crippen molar-refractivity contribution in [2.75, 3.05) is 0 Å². The summed E-state index contributed by atoms with van der Waals surface area (Å²) in [6.07, 6.45) is 3.47. The van der Waals surface area contributed by atoms with E-state index in [1.807, 2.05) is 29.7 Å². The van der Waals surface area contributed by atoms with Crippen LogP contribution in [0, 0.1) is 0 Å². The summed E-state index contributed by atoms with van der Waals surface area (Å²) in [5.74, 6) is 0.678. The van der Waals surface area contributed by atoms with Crippen LogP contribution in [0.2, 0.25) is 0 Å². The van der Waals surface area contributed by atoms with Gasteiger partial charge in [-0.05, 0) is 36.6 Å². The highest BCUT2D eigenvalue weighted by atomic mass is 32.1. The maximum Gasteiger partial charge on any atom is 0.247 e. The first-order chi connectivity index (χ1) is 8.25. The van der Waals surface area contributed by atoms with E-state index in [2.05, 4.69) is 5.32 Å². The maximum atomic E-state index is 11.7. The van der Waals surface area contributed by atoms with E-state index in [-0.39, 0.29) is 5.91 Å². The van der Waals surface area contributed by atoms with E-state index in [1.54, 1.807) is 30.6 Å². The Kier molecular flexibility index (Phi) is 3.77. The van der Waals surface area contributed by atoms with Gasteiger partial charge in [-0.1, -0.05) is 6.07 Å². The summed E-state index contributed by atoms with van der Waals surface area (Å²) < 4.78 is 5.14. The van der Waals surface area contributed by atoms with Crippen LogP contribution >= 0.6 is 11.3 Å². The normalized spacial score (nSPS) is 11.5. The third-order valence-electron chi connectivity index (χ3n) is 2.26. The molecule has 0 bridgehead atoms. The van der Waals surface area contributed by atoms with Gasteiger partial charge >= 0.3 is 0 Å². The molecule has 2 rings (SSSR count). The van der Waals surface area contributed by atoms with Crippen LogP contribution in [0.1, 0.15) is 17.6 Å². The molecule has 0 aliphatic heterocycles. The summed E-state index contributed by atoms with van der Waals surface area (Å²) in [5, 5.41) is 4.79. The average molecular weight is 247 g/mol. The van der Waals surface area contributed by atoms with E-state index in [0.717, 1.165) is 10.6 Å². The van der Waals surface area contributed by atoms with Gasteiger partial charge in [0, 0.05) is 10.5 Å². The number of thiophene rings is 1. The van der Waals surface area contributed by atoms with Gasteiger partial charge in [-0.2, -0.15) is 0 Å². The monoisotopic (exact) mass is 247 g/mol. The van der Waals surface area contributed by atoms with Gasteiger partial charge in [0.05, 0.1) is 12.8 Å². The molecule has 2 aromatic heterocycles. The Labute approximate surface area is 104 Å². The molecule has 2 heterocycles. The van der Waals surface area contributed by atoms with E-state index in [4.69, 9.17) is 4.42 Å². The van der Waals surface area contributed by atoms with Crippen molar-refractivity contribution in [2.45, 2.75) is 13.5 Å². The van der Waals surface area contributed by atoms with Gasteiger partial charge in [0.1, 0.15) is 5.76 Å². The van der Waals surface area contributed by atoms with Crippen molar-refractivity contribution in [3.05, 3.63) is 52.1 Å². The SMILES string of the molecule is C/C(=C\c1cccs1)C(=O)NCc1ccco1. The predicted octanol–water partition coefficient (Wildman–Crippen LogP) is 3.06. The van der Waals surface area contributed by atoms with E-state index in [0.29, 0.717) is 12.1 Å². The minimum Gasteiger partial charge on any atom is -0.467 e.